The topological polar surface area (TPSA) is 3.24 Å². The average molecular weight is 297 g/mol. The Morgan fingerprint density at radius 1 is 0.696 bits per heavy atom. The molecular weight excluding hydrogens is 278 g/mol. The van der Waals surface area contributed by atoms with Gasteiger partial charge in [-0.05, 0) is 65.9 Å². The molecule has 1 aliphatic rings. The number of benzene rings is 3. The second kappa shape index (κ2) is 5.77. The third kappa shape index (κ3) is 2.55. The Kier molecular flexibility index (Phi) is 3.47. The van der Waals surface area contributed by atoms with Crippen LogP contribution >= 0.6 is 0 Å². The Hall–Kier alpha value is -2.80. The van der Waals surface area contributed by atoms with Crippen molar-refractivity contribution in [2.45, 2.75) is 12.8 Å². The third-order valence-corrected chi connectivity index (χ3v) is 4.51. The lowest BCUT2D eigenvalue weighted by Crippen LogP contribution is -2.13. The molecule has 0 saturated heterocycles. The van der Waals surface area contributed by atoms with E-state index in [0.717, 1.165) is 5.56 Å². The van der Waals surface area contributed by atoms with Crippen molar-refractivity contribution in [2.75, 3.05) is 4.90 Å². The predicted octanol–water partition coefficient (Wildman–Crippen LogP) is 5.90. The van der Waals surface area contributed by atoms with Gasteiger partial charge in [0.15, 0.2) is 0 Å². The van der Waals surface area contributed by atoms with Gasteiger partial charge in [0.2, 0.25) is 0 Å². The third-order valence-electron chi connectivity index (χ3n) is 4.51. The van der Waals surface area contributed by atoms with Crippen LogP contribution in [0.5, 0.6) is 0 Å². The van der Waals surface area contributed by atoms with Gasteiger partial charge in [0, 0.05) is 17.1 Å². The van der Waals surface area contributed by atoms with Crippen molar-refractivity contribution in [3.8, 4) is 0 Å². The molecule has 0 amide bonds. The van der Waals surface area contributed by atoms with Gasteiger partial charge in [0.1, 0.15) is 0 Å². The molecule has 0 atom stereocenters. The first-order valence-corrected chi connectivity index (χ1v) is 8.04. The lowest BCUT2D eigenvalue weighted by molar-refractivity contribution is 0.839. The smallest absolute Gasteiger partial charge is 0.0464 e. The van der Waals surface area contributed by atoms with Crippen molar-refractivity contribution in [3.63, 3.8) is 0 Å². The summed E-state index contributed by atoms with van der Waals surface area (Å²) in [6.07, 6.45) is 4.29. The number of rotatable bonds is 4. The number of hydrogen-bond donors (Lipinski definition) is 0. The van der Waals surface area contributed by atoms with E-state index in [0.29, 0.717) is 0 Å². The monoisotopic (exact) mass is 297 g/mol. The van der Waals surface area contributed by atoms with Crippen molar-refractivity contribution in [3.05, 3.63) is 96.1 Å². The fraction of sp³-hybridized carbons (Fsp3) is 0.0909. The van der Waals surface area contributed by atoms with Gasteiger partial charge in [-0.3, -0.25) is 0 Å². The zero-order chi connectivity index (χ0) is 15.6. The highest BCUT2D eigenvalue weighted by atomic mass is 15.1. The van der Waals surface area contributed by atoms with E-state index in [2.05, 4.69) is 84.3 Å². The summed E-state index contributed by atoms with van der Waals surface area (Å²) in [5.74, 6) is 0. The van der Waals surface area contributed by atoms with E-state index < -0.39 is 0 Å². The maximum Gasteiger partial charge on any atom is 0.0464 e. The van der Waals surface area contributed by atoms with Crippen LogP contribution < -0.4 is 4.90 Å². The summed E-state index contributed by atoms with van der Waals surface area (Å²) in [4.78, 5) is 2.31. The van der Waals surface area contributed by atoms with Crippen molar-refractivity contribution in [1.29, 1.82) is 0 Å². The molecule has 0 heterocycles. The van der Waals surface area contributed by atoms with Gasteiger partial charge in [0.05, 0.1) is 0 Å². The van der Waals surface area contributed by atoms with E-state index in [1.54, 1.807) is 0 Å². The number of anilines is 3. The van der Waals surface area contributed by atoms with Gasteiger partial charge in [-0.25, -0.2) is 0 Å². The van der Waals surface area contributed by atoms with Crippen LogP contribution in [0.3, 0.4) is 0 Å². The quantitative estimate of drug-likeness (QED) is 0.579. The fourth-order valence-corrected chi connectivity index (χ4v) is 3.10. The number of aryl methyl sites for hydroxylation is 2. The molecule has 0 spiro atoms. The molecule has 0 N–H and O–H groups in total. The molecular formula is C22H19N. The Bertz CT molecular complexity index is 832. The fourth-order valence-electron chi connectivity index (χ4n) is 3.10. The van der Waals surface area contributed by atoms with Gasteiger partial charge in [-0.15, -0.1) is 0 Å². The summed E-state index contributed by atoms with van der Waals surface area (Å²) < 4.78 is 0. The first-order chi connectivity index (χ1) is 11.3. The van der Waals surface area contributed by atoms with Gasteiger partial charge in [-0.1, -0.05) is 49.1 Å². The highest BCUT2D eigenvalue weighted by Crippen LogP contribution is 2.37. The van der Waals surface area contributed by atoms with E-state index in [1.807, 2.05) is 6.08 Å². The molecule has 23 heavy (non-hydrogen) atoms. The highest BCUT2D eigenvalue weighted by molar-refractivity contribution is 5.77. The lowest BCUT2D eigenvalue weighted by Gasteiger charge is -2.28. The largest absolute Gasteiger partial charge is 0.310 e. The minimum Gasteiger partial charge on any atom is -0.310 e. The maximum absolute atomic E-state index is 3.84. The highest BCUT2D eigenvalue weighted by Gasteiger charge is 2.17. The maximum atomic E-state index is 3.84. The van der Waals surface area contributed by atoms with E-state index in [4.69, 9.17) is 0 Å². The zero-order valence-corrected chi connectivity index (χ0v) is 13.1. The van der Waals surface area contributed by atoms with E-state index in [1.165, 1.54) is 41.0 Å². The summed E-state index contributed by atoms with van der Waals surface area (Å²) in [6, 6.07) is 25.9. The van der Waals surface area contributed by atoms with Crippen molar-refractivity contribution in [2.24, 2.45) is 0 Å². The molecule has 0 unspecified atom stereocenters. The van der Waals surface area contributed by atoms with Gasteiger partial charge in [-0.2, -0.15) is 0 Å². The first-order valence-electron chi connectivity index (χ1n) is 8.04. The minimum absolute atomic E-state index is 1.14. The molecule has 0 aromatic heterocycles. The first kappa shape index (κ1) is 13.8. The van der Waals surface area contributed by atoms with Crippen molar-refractivity contribution < 1.29 is 0 Å². The van der Waals surface area contributed by atoms with E-state index in [-0.39, 0.29) is 0 Å². The van der Waals surface area contributed by atoms with Gasteiger partial charge >= 0.3 is 0 Å². The van der Waals surface area contributed by atoms with Gasteiger partial charge in [0.25, 0.3) is 0 Å². The number of hydrogen-bond acceptors (Lipinski definition) is 1. The molecule has 1 aliphatic carbocycles. The molecule has 0 fully saturated rings. The standard InChI is InChI=1S/C22H19N/c1-2-17-8-13-21(14-9-17)23(20-6-4-3-5-7-20)22-15-12-18-10-11-19(18)16-22/h2-9,12-16H,1,10-11H2. The van der Waals surface area contributed by atoms with Crippen LogP contribution in [0.25, 0.3) is 6.08 Å². The molecule has 0 aliphatic heterocycles. The molecule has 0 bridgehead atoms. The summed E-state index contributed by atoms with van der Waals surface area (Å²) in [7, 11) is 0. The van der Waals surface area contributed by atoms with Crippen LogP contribution in [-0.4, -0.2) is 0 Å². The summed E-state index contributed by atoms with van der Waals surface area (Å²) in [5.41, 5.74) is 7.68. The zero-order valence-electron chi connectivity index (χ0n) is 13.1. The van der Waals surface area contributed by atoms with Crippen molar-refractivity contribution in [1.82, 2.24) is 0 Å². The number of para-hydroxylation sites is 1. The molecule has 1 nitrogen and oxygen atoms in total. The van der Waals surface area contributed by atoms with Crippen LogP contribution in [0.1, 0.15) is 16.7 Å². The molecule has 3 aromatic rings. The molecule has 3 aromatic carbocycles. The minimum atomic E-state index is 1.14. The number of fused-ring (bicyclic) bond motifs is 1. The Morgan fingerprint density at radius 3 is 1.96 bits per heavy atom. The summed E-state index contributed by atoms with van der Waals surface area (Å²) >= 11 is 0. The van der Waals surface area contributed by atoms with E-state index >= 15 is 0 Å². The Morgan fingerprint density at radius 2 is 1.35 bits per heavy atom. The van der Waals surface area contributed by atoms with Crippen LogP contribution in [-0.2, 0) is 12.8 Å². The SMILES string of the molecule is C=Cc1ccc(N(c2ccccc2)c2ccc3c(c2)CC3)cc1. The predicted molar refractivity (Wildman–Crippen MR) is 98.6 cm³/mol. The Labute approximate surface area is 137 Å². The molecule has 0 saturated carbocycles. The number of nitrogens with zero attached hydrogens (tertiary/aromatic N) is 1. The molecule has 112 valence electrons. The molecule has 1 heteroatoms. The van der Waals surface area contributed by atoms with E-state index in [9.17, 15) is 0 Å². The summed E-state index contributed by atoms with van der Waals surface area (Å²) in [5, 5.41) is 0. The van der Waals surface area contributed by atoms with Gasteiger partial charge < -0.3 is 4.90 Å². The van der Waals surface area contributed by atoms with Crippen molar-refractivity contribution >= 4 is 23.1 Å². The Balaban J connectivity index is 1.82. The normalized spacial score (nSPS) is 12.2. The van der Waals surface area contributed by atoms with Crippen LogP contribution in [0.15, 0.2) is 79.4 Å². The average Bonchev–Trinajstić information content (AvgIpc) is 2.59. The summed E-state index contributed by atoms with van der Waals surface area (Å²) in [6.45, 7) is 3.84. The molecule has 4 rings (SSSR count). The van der Waals surface area contributed by atoms with Crippen LogP contribution in [0, 0.1) is 0 Å². The second-order valence-electron chi connectivity index (χ2n) is 5.92. The second-order valence-corrected chi connectivity index (χ2v) is 5.92. The van der Waals surface area contributed by atoms with Crippen LogP contribution in [0.4, 0.5) is 17.1 Å². The lowest BCUT2D eigenvalue weighted by atomic mass is 9.88. The van der Waals surface area contributed by atoms with Crippen LogP contribution in [0.2, 0.25) is 0 Å². The molecule has 0 radical (unpaired) electrons.